The van der Waals surface area contributed by atoms with Crippen LogP contribution in [0.4, 0.5) is 0 Å². The molecule has 0 aliphatic carbocycles. The molecule has 3 atom stereocenters. The van der Waals surface area contributed by atoms with Crippen LogP contribution in [-0.4, -0.2) is 24.8 Å². The van der Waals surface area contributed by atoms with E-state index in [2.05, 4.69) is 4.74 Å². The van der Waals surface area contributed by atoms with Gasteiger partial charge in [0.15, 0.2) is 6.29 Å². The van der Waals surface area contributed by atoms with Gasteiger partial charge in [0.2, 0.25) is 0 Å². The Balaban J connectivity index is 1.74. The monoisotopic (exact) mass is 416 g/mol. The van der Waals surface area contributed by atoms with E-state index in [1.54, 1.807) is 18.2 Å². The molecule has 1 fully saturated rings. The molecule has 154 valence electrons. The average molecular weight is 417 g/mol. The standard InChI is InChI=1S/C23H25ClO5/c1-27-21(26)14-4-2-3-9-16-15-28-23(17-10-5-7-12-19(17)24)29-22(16)18-11-6-8-13-20(18)25/h2-3,5-8,10-13,16,22-23,25H,4,9,14-15H2,1H3/b3-2+/t16-,22+,23+/m1/s1. The zero-order valence-electron chi connectivity index (χ0n) is 16.3. The highest BCUT2D eigenvalue weighted by molar-refractivity contribution is 6.31. The summed E-state index contributed by atoms with van der Waals surface area (Å²) in [5.74, 6) is -0.0259. The van der Waals surface area contributed by atoms with E-state index in [9.17, 15) is 9.90 Å². The molecule has 0 unspecified atom stereocenters. The summed E-state index contributed by atoms with van der Waals surface area (Å²) in [6, 6.07) is 14.6. The van der Waals surface area contributed by atoms with Crippen LogP contribution in [0.25, 0.3) is 0 Å². The van der Waals surface area contributed by atoms with Crippen LogP contribution in [0.3, 0.4) is 0 Å². The molecule has 0 amide bonds. The molecule has 2 aromatic rings. The summed E-state index contributed by atoms with van der Waals surface area (Å²) in [5.41, 5.74) is 1.49. The van der Waals surface area contributed by atoms with Gasteiger partial charge in [-0.25, -0.2) is 0 Å². The third-order valence-electron chi connectivity index (χ3n) is 4.91. The van der Waals surface area contributed by atoms with Gasteiger partial charge in [0.25, 0.3) is 0 Å². The van der Waals surface area contributed by atoms with Crippen molar-refractivity contribution in [3.8, 4) is 5.75 Å². The summed E-state index contributed by atoms with van der Waals surface area (Å²) in [5, 5.41) is 11.0. The molecule has 0 spiro atoms. The Morgan fingerprint density at radius 2 is 1.90 bits per heavy atom. The van der Waals surface area contributed by atoms with Gasteiger partial charge >= 0.3 is 5.97 Å². The number of benzene rings is 2. The first-order chi connectivity index (χ1) is 14.1. The molecule has 6 heteroatoms. The second-order valence-corrected chi connectivity index (χ2v) is 7.29. The molecule has 0 aromatic heterocycles. The molecular formula is C23H25ClO5. The van der Waals surface area contributed by atoms with E-state index in [4.69, 9.17) is 21.1 Å². The maximum Gasteiger partial charge on any atom is 0.305 e. The molecule has 0 saturated carbocycles. The lowest BCUT2D eigenvalue weighted by Gasteiger charge is -2.37. The smallest absolute Gasteiger partial charge is 0.305 e. The van der Waals surface area contributed by atoms with Gasteiger partial charge in [-0.15, -0.1) is 0 Å². The van der Waals surface area contributed by atoms with E-state index in [0.29, 0.717) is 30.9 Å². The number of ether oxygens (including phenoxy) is 3. The fourth-order valence-corrected chi connectivity index (χ4v) is 3.58. The number of esters is 1. The molecule has 1 heterocycles. The number of methoxy groups -OCH3 is 1. The van der Waals surface area contributed by atoms with Crippen molar-refractivity contribution in [2.45, 2.75) is 31.7 Å². The summed E-state index contributed by atoms with van der Waals surface area (Å²) >= 11 is 6.32. The van der Waals surface area contributed by atoms with Gasteiger partial charge in [0.1, 0.15) is 5.75 Å². The van der Waals surface area contributed by atoms with E-state index in [1.807, 2.05) is 42.5 Å². The molecule has 2 aromatic carbocycles. The van der Waals surface area contributed by atoms with Crippen LogP contribution in [0.2, 0.25) is 5.02 Å². The Kier molecular flexibility index (Phi) is 7.69. The highest BCUT2D eigenvalue weighted by atomic mass is 35.5. The van der Waals surface area contributed by atoms with Crippen molar-refractivity contribution < 1.29 is 24.1 Å². The fraction of sp³-hybridized carbons (Fsp3) is 0.348. The van der Waals surface area contributed by atoms with E-state index >= 15 is 0 Å². The van der Waals surface area contributed by atoms with Gasteiger partial charge in [-0.05, 0) is 25.0 Å². The van der Waals surface area contributed by atoms with Crippen LogP contribution in [0, 0.1) is 5.92 Å². The van der Waals surface area contributed by atoms with Crippen molar-refractivity contribution in [1.82, 2.24) is 0 Å². The predicted molar refractivity (Wildman–Crippen MR) is 111 cm³/mol. The van der Waals surface area contributed by atoms with Crippen LogP contribution >= 0.6 is 11.6 Å². The lowest BCUT2D eigenvalue weighted by Crippen LogP contribution is -2.30. The molecule has 1 N–H and O–H groups in total. The molecule has 5 nitrogen and oxygen atoms in total. The number of carbonyl (C=O) groups excluding carboxylic acids is 1. The topological polar surface area (TPSA) is 65.0 Å². The van der Waals surface area contributed by atoms with Gasteiger partial charge in [0, 0.05) is 28.5 Å². The van der Waals surface area contributed by atoms with Crippen molar-refractivity contribution >= 4 is 17.6 Å². The van der Waals surface area contributed by atoms with Crippen LogP contribution in [0.5, 0.6) is 5.75 Å². The summed E-state index contributed by atoms with van der Waals surface area (Å²) in [6.45, 7) is 0.455. The van der Waals surface area contributed by atoms with Crippen LogP contribution in [0.1, 0.15) is 42.8 Å². The minimum absolute atomic E-state index is 0.0106. The molecule has 1 saturated heterocycles. The van der Waals surface area contributed by atoms with E-state index < -0.39 is 6.29 Å². The summed E-state index contributed by atoms with van der Waals surface area (Å²) in [6.07, 6.45) is 4.67. The minimum atomic E-state index is -0.604. The van der Waals surface area contributed by atoms with Crippen molar-refractivity contribution in [1.29, 1.82) is 0 Å². The quantitative estimate of drug-likeness (QED) is 0.487. The Hall–Kier alpha value is -2.34. The minimum Gasteiger partial charge on any atom is -0.508 e. The van der Waals surface area contributed by atoms with Crippen molar-refractivity contribution in [2.24, 2.45) is 5.92 Å². The maximum absolute atomic E-state index is 11.2. The Labute approximate surface area is 175 Å². The fourth-order valence-electron chi connectivity index (χ4n) is 3.35. The number of phenols is 1. The number of para-hydroxylation sites is 1. The molecule has 1 aliphatic heterocycles. The van der Waals surface area contributed by atoms with Crippen molar-refractivity contribution in [2.75, 3.05) is 13.7 Å². The normalized spacial score (nSPS) is 21.9. The van der Waals surface area contributed by atoms with E-state index in [-0.39, 0.29) is 23.7 Å². The van der Waals surface area contributed by atoms with Crippen molar-refractivity contribution in [3.63, 3.8) is 0 Å². The van der Waals surface area contributed by atoms with Crippen molar-refractivity contribution in [3.05, 3.63) is 76.8 Å². The Morgan fingerprint density at radius 3 is 2.62 bits per heavy atom. The summed E-state index contributed by atoms with van der Waals surface area (Å²) in [7, 11) is 1.38. The maximum atomic E-state index is 11.2. The predicted octanol–water partition coefficient (Wildman–Crippen LogP) is 5.35. The number of halogens is 1. The lowest BCUT2D eigenvalue weighted by atomic mass is 9.91. The number of aromatic hydroxyl groups is 1. The van der Waals surface area contributed by atoms with E-state index in [0.717, 1.165) is 11.1 Å². The van der Waals surface area contributed by atoms with Crippen LogP contribution in [0.15, 0.2) is 60.7 Å². The first-order valence-corrected chi connectivity index (χ1v) is 9.99. The molecule has 3 rings (SSSR count). The van der Waals surface area contributed by atoms with Crippen LogP contribution in [-0.2, 0) is 19.0 Å². The summed E-state index contributed by atoms with van der Waals surface area (Å²) in [4.78, 5) is 11.2. The SMILES string of the molecule is COC(=O)CC/C=C/C[C@@H]1CO[C@H](c2ccccc2Cl)O[C@@H]1c1ccccc1O. The molecule has 29 heavy (non-hydrogen) atoms. The number of phenolic OH excluding ortho intramolecular Hbond substituents is 1. The van der Waals surface area contributed by atoms with E-state index in [1.165, 1.54) is 7.11 Å². The summed E-state index contributed by atoms with van der Waals surface area (Å²) < 4.78 is 16.9. The van der Waals surface area contributed by atoms with Gasteiger partial charge in [0.05, 0.1) is 19.8 Å². The van der Waals surface area contributed by atoms with Crippen LogP contribution < -0.4 is 0 Å². The van der Waals surface area contributed by atoms with Gasteiger partial charge in [-0.1, -0.05) is 60.2 Å². The van der Waals surface area contributed by atoms with Gasteiger partial charge in [-0.3, -0.25) is 4.79 Å². The number of hydrogen-bond donors (Lipinski definition) is 1. The largest absolute Gasteiger partial charge is 0.508 e. The zero-order chi connectivity index (χ0) is 20.6. The molecule has 0 radical (unpaired) electrons. The molecule has 1 aliphatic rings. The zero-order valence-corrected chi connectivity index (χ0v) is 17.0. The lowest BCUT2D eigenvalue weighted by molar-refractivity contribution is -0.244. The third kappa shape index (κ3) is 5.60. The first-order valence-electron chi connectivity index (χ1n) is 9.61. The number of hydrogen-bond acceptors (Lipinski definition) is 5. The Bertz CT molecular complexity index is 851. The second kappa shape index (κ2) is 10.4. The molecule has 0 bridgehead atoms. The number of carbonyl (C=O) groups is 1. The highest BCUT2D eigenvalue weighted by Gasteiger charge is 2.35. The third-order valence-corrected chi connectivity index (χ3v) is 5.25. The average Bonchev–Trinajstić information content (AvgIpc) is 2.74. The number of allylic oxidation sites excluding steroid dienone is 2. The van der Waals surface area contributed by atoms with Gasteiger partial charge in [-0.2, -0.15) is 0 Å². The molecular weight excluding hydrogens is 392 g/mol. The number of rotatable bonds is 7. The Morgan fingerprint density at radius 1 is 1.17 bits per heavy atom. The first kappa shape index (κ1) is 21.4. The highest BCUT2D eigenvalue weighted by Crippen LogP contribution is 2.43. The van der Waals surface area contributed by atoms with Gasteiger partial charge < -0.3 is 19.3 Å². The second-order valence-electron chi connectivity index (χ2n) is 6.88.